The van der Waals surface area contributed by atoms with Crippen LogP contribution >= 0.6 is 0 Å². The number of nitrogens with zero attached hydrogens (tertiary/aromatic N) is 2. The number of fused-ring (bicyclic) bond motifs is 1. The third-order valence-corrected chi connectivity index (χ3v) is 7.90. The van der Waals surface area contributed by atoms with Crippen molar-refractivity contribution in [1.82, 2.24) is 9.88 Å². The van der Waals surface area contributed by atoms with Crippen LogP contribution in [0.4, 0.5) is 10.5 Å². The number of hydrogen-bond donors (Lipinski definition) is 1. The quantitative estimate of drug-likeness (QED) is 0.797. The van der Waals surface area contributed by atoms with E-state index >= 15 is 0 Å². The number of rotatable bonds is 1. The zero-order valence-electron chi connectivity index (χ0n) is 10.2. The summed E-state index contributed by atoms with van der Waals surface area (Å²) in [5.74, 6) is 0. The Morgan fingerprint density at radius 2 is 2.06 bits per heavy atom. The van der Waals surface area contributed by atoms with Gasteiger partial charge >= 0.3 is 100 Å². The fourth-order valence-corrected chi connectivity index (χ4v) is 4.67. The number of aromatic nitrogens is 1. The number of pyridine rings is 1. The SMILES string of the molecule is CN1Cc2n[c]([Sn]([CH3])([CH3])[CH3])ccc2NC1=O. The predicted octanol–water partition coefficient (Wildman–Crippen LogP) is 1.60. The average Bonchev–Trinajstić information content (AvgIpc) is 2.17. The van der Waals surface area contributed by atoms with Gasteiger partial charge in [0.15, 0.2) is 0 Å². The van der Waals surface area contributed by atoms with Gasteiger partial charge in [-0.2, -0.15) is 0 Å². The topological polar surface area (TPSA) is 45.2 Å². The summed E-state index contributed by atoms with van der Waals surface area (Å²) >= 11 is -2.10. The molecule has 5 heteroatoms. The number of carbonyl (C=O) groups is 1. The van der Waals surface area contributed by atoms with Gasteiger partial charge in [0.1, 0.15) is 0 Å². The van der Waals surface area contributed by atoms with E-state index in [1.165, 1.54) is 3.71 Å². The summed E-state index contributed by atoms with van der Waals surface area (Å²) in [5.41, 5.74) is 1.86. The molecule has 0 atom stereocenters. The first-order chi connectivity index (χ1) is 7.38. The Bertz CT molecular complexity index is 439. The van der Waals surface area contributed by atoms with Gasteiger partial charge < -0.3 is 0 Å². The van der Waals surface area contributed by atoms with Crippen LogP contribution in [0.3, 0.4) is 0 Å². The molecule has 1 aliphatic rings. The van der Waals surface area contributed by atoms with Gasteiger partial charge in [0.25, 0.3) is 0 Å². The zero-order chi connectivity index (χ0) is 11.9. The van der Waals surface area contributed by atoms with Gasteiger partial charge in [-0.25, -0.2) is 0 Å². The van der Waals surface area contributed by atoms with E-state index in [1.807, 2.05) is 6.07 Å². The summed E-state index contributed by atoms with van der Waals surface area (Å²) in [6.45, 7) is 0.608. The first-order valence-electron chi connectivity index (χ1n) is 5.40. The molecule has 16 heavy (non-hydrogen) atoms. The van der Waals surface area contributed by atoms with E-state index in [0.29, 0.717) is 6.54 Å². The van der Waals surface area contributed by atoms with Crippen LogP contribution in [0, 0.1) is 0 Å². The maximum absolute atomic E-state index is 11.4. The molecule has 0 spiro atoms. The molecule has 4 nitrogen and oxygen atoms in total. The normalized spacial score (nSPS) is 15.8. The Kier molecular flexibility index (Phi) is 2.86. The van der Waals surface area contributed by atoms with Crippen molar-refractivity contribution in [2.24, 2.45) is 0 Å². The molecular weight excluding hydrogens is 309 g/mol. The number of amides is 2. The molecular formula is C11H17N3OSn. The first-order valence-corrected chi connectivity index (χ1v) is 15.4. The number of hydrogen-bond acceptors (Lipinski definition) is 2. The summed E-state index contributed by atoms with van der Waals surface area (Å²) < 4.78 is 1.26. The van der Waals surface area contributed by atoms with Crippen LogP contribution in [0.15, 0.2) is 12.1 Å². The fourth-order valence-electron chi connectivity index (χ4n) is 1.66. The minimum atomic E-state index is -2.10. The average molecular weight is 326 g/mol. The molecule has 0 aliphatic carbocycles. The molecule has 2 heterocycles. The third-order valence-electron chi connectivity index (χ3n) is 2.72. The molecule has 1 aromatic rings. The molecule has 0 saturated heterocycles. The van der Waals surface area contributed by atoms with Crippen LogP contribution in [0.25, 0.3) is 0 Å². The van der Waals surface area contributed by atoms with Crippen molar-refractivity contribution in [2.75, 3.05) is 12.4 Å². The van der Waals surface area contributed by atoms with Crippen molar-refractivity contribution >= 4 is 33.8 Å². The van der Waals surface area contributed by atoms with E-state index in [2.05, 4.69) is 26.2 Å². The Morgan fingerprint density at radius 1 is 1.38 bits per heavy atom. The zero-order valence-corrected chi connectivity index (χ0v) is 13.0. The van der Waals surface area contributed by atoms with Crippen LogP contribution in [0.2, 0.25) is 14.8 Å². The summed E-state index contributed by atoms with van der Waals surface area (Å²) in [7, 11) is 1.78. The molecule has 0 fully saturated rings. The van der Waals surface area contributed by atoms with Crippen molar-refractivity contribution in [1.29, 1.82) is 0 Å². The van der Waals surface area contributed by atoms with Crippen LogP contribution in [-0.2, 0) is 6.54 Å². The summed E-state index contributed by atoms with van der Waals surface area (Å²) in [5, 5.41) is 2.84. The monoisotopic (exact) mass is 327 g/mol. The number of carbonyl (C=O) groups excluding carboxylic acids is 1. The van der Waals surface area contributed by atoms with E-state index < -0.39 is 18.4 Å². The molecule has 1 aromatic heterocycles. The maximum atomic E-state index is 11.4. The van der Waals surface area contributed by atoms with Crippen LogP contribution in [-0.4, -0.2) is 41.3 Å². The van der Waals surface area contributed by atoms with Crippen molar-refractivity contribution in [3.05, 3.63) is 17.8 Å². The molecule has 0 aromatic carbocycles. The van der Waals surface area contributed by atoms with Gasteiger partial charge in [0, 0.05) is 0 Å². The van der Waals surface area contributed by atoms with Crippen molar-refractivity contribution in [3.63, 3.8) is 0 Å². The van der Waals surface area contributed by atoms with Gasteiger partial charge in [-0.3, -0.25) is 0 Å². The molecule has 1 aliphatic heterocycles. The first kappa shape index (κ1) is 11.7. The van der Waals surface area contributed by atoms with Crippen LogP contribution < -0.4 is 9.03 Å². The van der Waals surface area contributed by atoms with E-state index in [-0.39, 0.29) is 6.03 Å². The number of anilines is 1. The van der Waals surface area contributed by atoms with Crippen LogP contribution in [0.5, 0.6) is 0 Å². The van der Waals surface area contributed by atoms with Crippen molar-refractivity contribution in [2.45, 2.75) is 21.4 Å². The van der Waals surface area contributed by atoms with Gasteiger partial charge in [0.05, 0.1) is 0 Å². The molecule has 86 valence electrons. The molecule has 0 bridgehead atoms. The summed E-state index contributed by atoms with van der Waals surface area (Å²) in [6.07, 6.45) is 0. The van der Waals surface area contributed by atoms with Crippen molar-refractivity contribution in [3.8, 4) is 0 Å². The second-order valence-corrected chi connectivity index (χ2v) is 19.5. The number of urea groups is 1. The van der Waals surface area contributed by atoms with E-state index in [0.717, 1.165) is 11.4 Å². The van der Waals surface area contributed by atoms with Gasteiger partial charge in [0.2, 0.25) is 0 Å². The molecule has 0 saturated carbocycles. The number of nitrogens with one attached hydrogen (secondary N) is 1. The molecule has 0 unspecified atom stereocenters. The summed E-state index contributed by atoms with van der Waals surface area (Å²) in [6, 6.07) is 4.01. The Labute approximate surface area is 99.9 Å². The van der Waals surface area contributed by atoms with E-state index in [9.17, 15) is 4.79 Å². The van der Waals surface area contributed by atoms with Crippen LogP contribution in [0.1, 0.15) is 5.69 Å². The minimum absolute atomic E-state index is 0.0543. The Morgan fingerprint density at radius 3 is 2.69 bits per heavy atom. The van der Waals surface area contributed by atoms with E-state index in [1.54, 1.807) is 11.9 Å². The standard InChI is InChI=1S/C8H8N3O.3CH3.Sn/c1-11-5-7-6(10-8(11)12)3-2-4-9-7;;;;/h2-3H,5H2,1H3,(H,10,12);3*1H3;. The third kappa shape index (κ3) is 2.16. The molecule has 2 rings (SSSR count). The van der Waals surface area contributed by atoms with Gasteiger partial charge in [-0.05, 0) is 0 Å². The molecule has 2 amide bonds. The second-order valence-electron chi connectivity index (χ2n) is 5.23. The Balaban J connectivity index is 2.40. The van der Waals surface area contributed by atoms with Gasteiger partial charge in [-0.1, -0.05) is 0 Å². The molecule has 0 radical (unpaired) electrons. The second kappa shape index (κ2) is 3.91. The van der Waals surface area contributed by atoms with Gasteiger partial charge in [-0.15, -0.1) is 0 Å². The van der Waals surface area contributed by atoms with E-state index in [4.69, 9.17) is 4.98 Å². The summed E-state index contributed by atoms with van der Waals surface area (Å²) in [4.78, 5) is 24.8. The molecule has 1 N–H and O–H groups in total. The Hall–Kier alpha value is -0.781. The van der Waals surface area contributed by atoms with Crippen molar-refractivity contribution < 1.29 is 4.79 Å². The fraction of sp³-hybridized carbons (Fsp3) is 0.455. The predicted molar refractivity (Wildman–Crippen MR) is 67.7 cm³/mol.